The van der Waals surface area contributed by atoms with Crippen molar-refractivity contribution in [2.24, 2.45) is 0 Å². The van der Waals surface area contributed by atoms with Gasteiger partial charge in [-0.15, -0.1) is 0 Å². The zero-order valence-corrected chi connectivity index (χ0v) is 17.8. The number of nitrogens with zero attached hydrogens (tertiary/aromatic N) is 3. The normalized spacial score (nSPS) is 10.8. The number of aromatic nitrogens is 2. The Kier molecular flexibility index (Phi) is 6.36. The minimum atomic E-state index is 0.562. The quantitative estimate of drug-likeness (QED) is 0.296. The average Bonchev–Trinajstić information content (AvgIpc) is 3.29. The Labute approximate surface area is 181 Å². The molecular formula is C25H23N3OS. The number of ether oxygens (including phenoxy) is 1. The van der Waals surface area contributed by atoms with E-state index < -0.39 is 0 Å². The lowest BCUT2D eigenvalue weighted by molar-refractivity contribution is 0.305. The third-order valence-corrected chi connectivity index (χ3v) is 5.71. The molecular weight excluding hydrogens is 390 g/mol. The van der Waals surface area contributed by atoms with Crippen molar-refractivity contribution < 1.29 is 4.74 Å². The summed E-state index contributed by atoms with van der Waals surface area (Å²) in [5, 5.41) is 9.26. The summed E-state index contributed by atoms with van der Waals surface area (Å²) < 4.78 is 14.5. The second-order valence-corrected chi connectivity index (χ2v) is 7.77. The molecule has 0 radical (unpaired) electrons. The van der Waals surface area contributed by atoms with Gasteiger partial charge in [0, 0.05) is 5.56 Å². The molecule has 150 valence electrons. The summed E-state index contributed by atoms with van der Waals surface area (Å²) in [5.74, 6) is 0.919. The molecule has 1 aromatic heterocycles. The van der Waals surface area contributed by atoms with E-state index in [2.05, 4.69) is 58.1 Å². The molecule has 0 saturated carbocycles. The summed E-state index contributed by atoms with van der Waals surface area (Å²) in [4.78, 5) is 0. The molecule has 0 N–H and O–H groups in total. The lowest BCUT2D eigenvalue weighted by atomic mass is 9.98. The van der Waals surface area contributed by atoms with E-state index in [0.717, 1.165) is 58.3 Å². The number of rotatable bonds is 8. The molecule has 0 aliphatic heterocycles. The smallest absolute Gasteiger partial charge is 0.123 e. The number of hydrogen-bond acceptors (Lipinski definition) is 5. The fourth-order valence-corrected chi connectivity index (χ4v) is 4.07. The van der Waals surface area contributed by atoms with E-state index in [4.69, 9.17) is 4.74 Å². The van der Waals surface area contributed by atoms with Crippen LogP contribution in [0.15, 0.2) is 60.7 Å². The summed E-state index contributed by atoms with van der Waals surface area (Å²) in [5.41, 5.74) is 6.38. The van der Waals surface area contributed by atoms with Crippen LogP contribution in [-0.4, -0.2) is 15.4 Å². The van der Waals surface area contributed by atoms with Gasteiger partial charge in [-0.3, -0.25) is 0 Å². The lowest BCUT2D eigenvalue weighted by Gasteiger charge is -2.08. The van der Waals surface area contributed by atoms with Gasteiger partial charge >= 0.3 is 0 Å². The van der Waals surface area contributed by atoms with Gasteiger partial charge < -0.3 is 4.74 Å². The van der Waals surface area contributed by atoms with Gasteiger partial charge in [-0.1, -0.05) is 68.7 Å². The predicted octanol–water partition coefficient (Wildman–Crippen LogP) is 6.86. The van der Waals surface area contributed by atoms with Gasteiger partial charge in [-0.05, 0) is 41.3 Å². The molecule has 1 heterocycles. The van der Waals surface area contributed by atoms with Crippen molar-refractivity contribution in [2.45, 2.75) is 32.6 Å². The van der Waals surface area contributed by atoms with E-state index in [1.165, 1.54) is 19.3 Å². The summed E-state index contributed by atoms with van der Waals surface area (Å²) in [6.07, 6.45) is 4.84. The first-order valence-corrected chi connectivity index (χ1v) is 11.0. The van der Waals surface area contributed by atoms with Crippen molar-refractivity contribution in [1.29, 1.82) is 5.26 Å². The van der Waals surface area contributed by atoms with E-state index in [1.54, 1.807) is 0 Å². The van der Waals surface area contributed by atoms with Crippen LogP contribution in [0.4, 0.5) is 0 Å². The molecule has 4 rings (SSSR count). The van der Waals surface area contributed by atoms with Crippen LogP contribution in [0.1, 0.15) is 38.2 Å². The molecule has 0 amide bonds. The lowest BCUT2D eigenvalue weighted by Crippen LogP contribution is -1.96. The molecule has 0 aliphatic rings. The van der Waals surface area contributed by atoms with Crippen molar-refractivity contribution >= 4 is 22.8 Å². The van der Waals surface area contributed by atoms with Crippen LogP contribution in [0.3, 0.4) is 0 Å². The second-order valence-electron chi connectivity index (χ2n) is 7.24. The van der Waals surface area contributed by atoms with Crippen molar-refractivity contribution in [1.82, 2.24) is 8.75 Å². The topological polar surface area (TPSA) is 58.8 Å². The first-order chi connectivity index (χ1) is 14.8. The monoisotopic (exact) mass is 413 g/mol. The molecule has 0 atom stereocenters. The Morgan fingerprint density at radius 3 is 2.17 bits per heavy atom. The van der Waals surface area contributed by atoms with Gasteiger partial charge in [0.05, 0.1) is 23.9 Å². The molecule has 0 aliphatic carbocycles. The van der Waals surface area contributed by atoms with E-state index in [-0.39, 0.29) is 0 Å². The van der Waals surface area contributed by atoms with Crippen LogP contribution in [-0.2, 0) is 0 Å². The number of hydrogen-bond donors (Lipinski definition) is 0. The second kappa shape index (κ2) is 9.51. The van der Waals surface area contributed by atoms with Gasteiger partial charge in [0.1, 0.15) is 22.9 Å². The largest absolute Gasteiger partial charge is 0.494 e. The van der Waals surface area contributed by atoms with Crippen molar-refractivity contribution in [2.75, 3.05) is 6.61 Å². The van der Waals surface area contributed by atoms with Crippen molar-refractivity contribution in [3.63, 3.8) is 0 Å². The highest BCUT2D eigenvalue weighted by molar-refractivity contribution is 7.00. The van der Waals surface area contributed by atoms with Crippen molar-refractivity contribution in [3.05, 3.63) is 66.2 Å². The Hall–Kier alpha value is -3.23. The maximum Gasteiger partial charge on any atom is 0.123 e. The maximum absolute atomic E-state index is 9.26. The van der Waals surface area contributed by atoms with E-state index in [1.807, 2.05) is 24.3 Å². The third kappa shape index (κ3) is 4.34. The van der Waals surface area contributed by atoms with Crippen LogP contribution in [0.2, 0.25) is 0 Å². The van der Waals surface area contributed by atoms with Crippen LogP contribution in [0, 0.1) is 11.3 Å². The Morgan fingerprint density at radius 1 is 0.800 bits per heavy atom. The van der Waals surface area contributed by atoms with Crippen LogP contribution in [0.25, 0.3) is 33.3 Å². The minimum absolute atomic E-state index is 0.562. The van der Waals surface area contributed by atoms with Crippen molar-refractivity contribution in [3.8, 4) is 34.1 Å². The van der Waals surface area contributed by atoms with Crippen LogP contribution < -0.4 is 4.74 Å². The van der Waals surface area contributed by atoms with E-state index in [9.17, 15) is 5.26 Å². The fraction of sp³-hybridized carbons (Fsp3) is 0.240. The standard InChI is InChI=1S/C25H23N3OS/c1-2-3-4-5-16-29-22-13-10-19(11-14-22)18-6-8-20(9-7-18)23-15-12-21(17-26)24-25(23)28-30-27-24/h6-15H,2-5,16H2,1H3. The van der Waals surface area contributed by atoms with Gasteiger partial charge in [0.15, 0.2) is 0 Å². The SMILES string of the molecule is CCCCCCOc1ccc(-c2ccc(-c3ccc(C#N)c4nsnc34)cc2)cc1. The van der Waals surface area contributed by atoms with Gasteiger partial charge in [-0.25, -0.2) is 0 Å². The first-order valence-electron chi connectivity index (χ1n) is 10.3. The average molecular weight is 414 g/mol. The number of fused-ring (bicyclic) bond motifs is 1. The van der Waals surface area contributed by atoms with E-state index >= 15 is 0 Å². The Balaban J connectivity index is 1.48. The molecule has 5 heteroatoms. The molecule has 3 aromatic carbocycles. The number of nitriles is 1. The molecule has 0 fully saturated rings. The molecule has 0 unspecified atom stereocenters. The Bertz CT molecular complexity index is 1160. The van der Waals surface area contributed by atoms with Gasteiger partial charge in [0.2, 0.25) is 0 Å². The fourth-order valence-electron chi connectivity index (χ4n) is 3.49. The maximum atomic E-state index is 9.26. The number of benzene rings is 3. The summed E-state index contributed by atoms with van der Waals surface area (Å²) in [7, 11) is 0. The van der Waals surface area contributed by atoms with Gasteiger partial charge in [-0.2, -0.15) is 14.0 Å². The zero-order chi connectivity index (χ0) is 20.8. The zero-order valence-electron chi connectivity index (χ0n) is 17.0. The first kappa shape index (κ1) is 20.1. The molecule has 4 nitrogen and oxygen atoms in total. The number of unbranched alkanes of at least 4 members (excludes halogenated alkanes) is 3. The molecule has 0 bridgehead atoms. The minimum Gasteiger partial charge on any atom is -0.494 e. The molecule has 30 heavy (non-hydrogen) atoms. The highest BCUT2D eigenvalue weighted by atomic mass is 32.1. The molecule has 4 aromatic rings. The predicted molar refractivity (Wildman–Crippen MR) is 123 cm³/mol. The van der Waals surface area contributed by atoms with E-state index in [0.29, 0.717) is 11.1 Å². The summed E-state index contributed by atoms with van der Waals surface area (Å²) >= 11 is 1.14. The van der Waals surface area contributed by atoms with Gasteiger partial charge in [0.25, 0.3) is 0 Å². The summed E-state index contributed by atoms with van der Waals surface area (Å²) in [6.45, 7) is 2.99. The highest BCUT2D eigenvalue weighted by Crippen LogP contribution is 2.31. The Morgan fingerprint density at radius 2 is 1.47 bits per heavy atom. The third-order valence-electron chi connectivity index (χ3n) is 5.19. The molecule has 0 spiro atoms. The van der Waals surface area contributed by atoms with Crippen LogP contribution >= 0.6 is 11.7 Å². The molecule has 0 saturated heterocycles. The highest BCUT2D eigenvalue weighted by Gasteiger charge is 2.12. The summed E-state index contributed by atoms with van der Waals surface area (Å²) in [6, 6.07) is 22.6. The van der Waals surface area contributed by atoms with Crippen LogP contribution in [0.5, 0.6) is 5.75 Å².